The molecule has 2 saturated heterocycles. The molecule has 0 aliphatic carbocycles. The van der Waals surface area contributed by atoms with Crippen LogP contribution in [0.1, 0.15) is 25.0 Å². The molecule has 2 fully saturated rings. The lowest BCUT2D eigenvalue weighted by atomic mass is 10.1. The van der Waals surface area contributed by atoms with Crippen molar-refractivity contribution in [3.05, 3.63) is 54.2 Å². The molecule has 5 rings (SSSR count). The highest BCUT2D eigenvalue weighted by molar-refractivity contribution is 5.82. The Kier molecular flexibility index (Phi) is 6.00. The fraction of sp³-hybridized carbons (Fsp3) is 0.440. The number of rotatable bonds is 6. The fourth-order valence-corrected chi connectivity index (χ4v) is 4.51. The molecule has 31 heavy (non-hydrogen) atoms. The molecule has 6 heteroatoms. The van der Waals surface area contributed by atoms with Crippen molar-refractivity contribution in [2.45, 2.75) is 31.8 Å². The van der Waals surface area contributed by atoms with E-state index in [2.05, 4.69) is 64.6 Å². The first-order chi connectivity index (χ1) is 15.2. The van der Waals surface area contributed by atoms with Crippen LogP contribution in [0, 0.1) is 0 Å². The van der Waals surface area contributed by atoms with Gasteiger partial charge in [-0.3, -0.25) is 0 Å². The van der Waals surface area contributed by atoms with E-state index in [1.165, 1.54) is 12.1 Å². The first-order valence-corrected chi connectivity index (χ1v) is 11.4. The molecule has 162 valence electrons. The molecule has 2 aliphatic rings. The van der Waals surface area contributed by atoms with Crippen LogP contribution in [0.25, 0.3) is 10.9 Å². The van der Waals surface area contributed by atoms with Crippen LogP contribution in [0.15, 0.2) is 48.5 Å². The Balaban J connectivity index is 1.32. The molecule has 2 aliphatic heterocycles. The number of likely N-dealkylation sites (N-methyl/N-ethyl adjacent to an activating group) is 1. The quantitative estimate of drug-likeness (QED) is 0.648. The summed E-state index contributed by atoms with van der Waals surface area (Å²) in [6, 6.07) is 16.9. The van der Waals surface area contributed by atoms with Crippen LogP contribution in [-0.4, -0.2) is 60.8 Å². The van der Waals surface area contributed by atoms with Gasteiger partial charge in [0.05, 0.1) is 17.3 Å². The van der Waals surface area contributed by atoms with Crippen molar-refractivity contribution in [1.82, 2.24) is 14.9 Å². The second kappa shape index (κ2) is 9.20. The van der Waals surface area contributed by atoms with Crippen LogP contribution in [0.5, 0.6) is 0 Å². The molecule has 1 N–H and O–H groups in total. The molecule has 0 saturated carbocycles. The Labute approximate surface area is 184 Å². The second-order valence-corrected chi connectivity index (χ2v) is 8.65. The summed E-state index contributed by atoms with van der Waals surface area (Å²) in [4.78, 5) is 14.5. The smallest absolute Gasteiger partial charge is 0.228 e. The minimum atomic E-state index is 0.368. The fourth-order valence-electron chi connectivity index (χ4n) is 4.51. The lowest BCUT2D eigenvalue weighted by Gasteiger charge is -2.34. The molecule has 0 bridgehead atoms. The van der Waals surface area contributed by atoms with Crippen molar-refractivity contribution in [3.63, 3.8) is 0 Å². The maximum Gasteiger partial charge on any atom is 0.228 e. The van der Waals surface area contributed by atoms with E-state index in [1.807, 2.05) is 6.07 Å². The van der Waals surface area contributed by atoms with Crippen molar-refractivity contribution < 1.29 is 4.74 Å². The number of hydrogen-bond donors (Lipinski definition) is 1. The van der Waals surface area contributed by atoms with Gasteiger partial charge in [-0.15, -0.1) is 0 Å². The largest absolute Gasteiger partial charge is 0.378 e. The highest BCUT2D eigenvalue weighted by atomic mass is 16.5. The summed E-state index contributed by atoms with van der Waals surface area (Å²) in [7, 11) is 2.18. The Morgan fingerprint density at radius 2 is 1.81 bits per heavy atom. The van der Waals surface area contributed by atoms with Crippen LogP contribution in [-0.2, 0) is 11.2 Å². The molecule has 1 unspecified atom stereocenters. The zero-order chi connectivity index (χ0) is 21.0. The van der Waals surface area contributed by atoms with Gasteiger partial charge in [-0.2, -0.15) is 0 Å². The zero-order valence-electron chi connectivity index (χ0n) is 18.3. The minimum Gasteiger partial charge on any atom is -0.378 e. The lowest BCUT2D eigenvalue weighted by molar-refractivity contribution is 0.104. The average Bonchev–Trinajstić information content (AvgIpc) is 3.32. The molecular weight excluding hydrogens is 386 g/mol. The first-order valence-electron chi connectivity index (χ1n) is 11.4. The van der Waals surface area contributed by atoms with Gasteiger partial charge >= 0.3 is 0 Å². The summed E-state index contributed by atoms with van der Waals surface area (Å²) in [5.74, 6) is 0.661. The summed E-state index contributed by atoms with van der Waals surface area (Å²) in [5, 5.41) is 4.56. The molecule has 0 amide bonds. The van der Waals surface area contributed by atoms with Crippen LogP contribution in [0.4, 0.5) is 17.3 Å². The van der Waals surface area contributed by atoms with Gasteiger partial charge in [0.2, 0.25) is 5.95 Å². The van der Waals surface area contributed by atoms with Crippen LogP contribution in [0.2, 0.25) is 0 Å². The Morgan fingerprint density at radius 1 is 1.00 bits per heavy atom. The Hall–Kier alpha value is -2.70. The molecule has 3 heterocycles. The molecule has 6 nitrogen and oxygen atoms in total. The lowest BCUT2D eigenvalue weighted by Crippen LogP contribution is -2.44. The van der Waals surface area contributed by atoms with E-state index in [4.69, 9.17) is 14.7 Å². The first kappa shape index (κ1) is 20.2. The zero-order valence-corrected chi connectivity index (χ0v) is 18.3. The predicted molar refractivity (Wildman–Crippen MR) is 126 cm³/mol. The van der Waals surface area contributed by atoms with Gasteiger partial charge in [0, 0.05) is 49.5 Å². The molecule has 0 radical (unpaired) electrons. The maximum absolute atomic E-state index is 5.81. The number of piperazine rings is 1. The third-order valence-electron chi connectivity index (χ3n) is 6.40. The van der Waals surface area contributed by atoms with Crippen molar-refractivity contribution >= 4 is 28.2 Å². The monoisotopic (exact) mass is 417 g/mol. The summed E-state index contributed by atoms with van der Waals surface area (Å²) < 4.78 is 5.81. The number of nitrogens with zero attached hydrogens (tertiary/aromatic N) is 4. The minimum absolute atomic E-state index is 0.368. The number of fused-ring (bicyclic) bond motifs is 1. The van der Waals surface area contributed by atoms with Crippen molar-refractivity contribution in [3.8, 4) is 0 Å². The van der Waals surface area contributed by atoms with Gasteiger partial charge in [-0.1, -0.05) is 18.2 Å². The Bertz CT molecular complexity index is 1010. The van der Waals surface area contributed by atoms with Gasteiger partial charge in [0.25, 0.3) is 0 Å². The van der Waals surface area contributed by atoms with E-state index in [1.54, 1.807) is 0 Å². The van der Waals surface area contributed by atoms with E-state index >= 15 is 0 Å². The highest BCUT2D eigenvalue weighted by Crippen LogP contribution is 2.25. The van der Waals surface area contributed by atoms with Crippen LogP contribution >= 0.6 is 0 Å². The topological polar surface area (TPSA) is 53.5 Å². The molecule has 1 atom stereocenters. The third-order valence-corrected chi connectivity index (χ3v) is 6.40. The summed E-state index contributed by atoms with van der Waals surface area (Å²) in [6.45, 7) is 5.27. The standard InChI is InChI=1S/C25H31N5O/c1-29-14-16-30(17-15-29)20-10-8-19(9-11-20)26-25-27-23-7-3-2-6-22(23)24(28-25)13-12-21-5-4-18-31-21/h2-3,6-11,21H,4-5,12-18H2,1H3,(H,26,27,28). The Morgan fingerprint density at radius 3 is 2.58 bits per heavy atom. The van der Waals surface area contributed by atoms with E-state index in [0.717, 1.165) is 74.3 Å². The number of para-hydroxylation sites is 1. The van der Waals surface area contributed by atoms with Gasteiger partial charge in [0.15, 0.2) is 0 Å². The van der Waals surface area contributed by atoms with E-state index in [9.17, 15) is 0 Å². The number of ether oxygens (including phenoxy) is 1. The highest BCUT2D eigenvalue weighted by Gasteiger charge is 2.17. The summed E-state index contributed by atoms with van der Waals surface area (Å²) in [6.07, 6.45) is 4.62. The predicted octanol–water partition coefficient (Wildman–Crippen LogP) is 4.24. The molecule has 3 aromatic rings. The van der Waals surface area contributed by atoms with Crippen molar-refractivity contribution in [2.75, 3.05) is 50.1 Å². The SMILES string of the molecule is CN1CCN(c2ccc(Nc3nc(CCC4CCCO4)c4ccccc4n3)cc2)CC1. The van der Waals surface area contributed by atoms with Crippen molar-refractivity contribution in [1.29, 1.82) is 0 Å². The number of aromatic nitrogens is 2. The van der Waals surface area contributed by atoms with E-state index in [0.29, 0.717) is 12.1 Å². The number of benzene rings is 2. The molecule has 1 aromatic heterocycles. The van der Waals surface area contributed by atoms with Gasteiger partial charge < -0.3 is 19.9 Å². The summed E-state index contributed by atoms with van der Waals surface area (Å²) >= 11 is 0. The number of anilines is 3. The molecule has 0 spiro atoms. The normalized spacial score (nSPS) is 19.8. The third kappa shape index (κ3) is 4.81. The van der Waals surface area contributed by atoms with Gasteiger partial charge in [0.1, 0.15) is 0 Å². The van der Waals surface area contributed by atoms with E-state index in [-0.39, 0.29) is 0 Å². The van der Waals surface area contributed by atoms with E-state index < -0.39 is 0 Å². The second-order valence-electron chi connectivity index (χ2n) is 8.65. The van der Waals surface area contributed by atoms with Crippen LogP contribution < -0.4 is 10.2 Å². The van der Waals surface area contributed by atoms with Gasteiger partial charge in [-0.25, -0.2) is 9.97 Å². The summed E-state index contributed by atoms with van der Waals surface area (Å²) in [5.41, 5.74) is 4.36. The number of nitrogens with one attached hydrogen (secondary N) is 1. The van der Waals surface area contributed by atoms with Crippen molar-refractivity contribution in [2.24, 2.45) is 0 Å². The number of aryl methyl sites for hydroxylation is 1. The van der Waals surface area contributed by atoms with Gasteiger partial charge in [-0.05, 0) is 63.1 Å². The molecular formula is C25H31N5O. The molecule has 2 aromatic carbocycles. The maximum atomic E-state index is 5.81. The van der Waals surface area contributed by atoms with Crippen LogP contribution in [0.3, 0.4) is 0 Å². The number of hydrogen-bond acceptors (Lipinski definition) is 6. The average molecular weight is 418 g/mol.